The van der Waals surface area contributed by atoms with Gasteiger partial charge in [-0.2, -0.15) is 4.80 Å². The highest BCUT2D eigenvalue weighted by Crippen LogP contribution is 2.32. The first-order valence-electron chi connectivity index (χ1n) is 11.5. The Morgan fingerprint density at radius 3 is 2.38 bits per heavy atom. The summed E-state index contributed by atoms with van der Waals surface area (Å²) in [5.41, 5.74) is -0.257. The first-order valence-corrected chi connectivity index (χ1v) is 11.5. The molecule has 1 N–H and O–H groups in total. The molecule has 37 heavy (non-hydrogen) atoms. The summed E-state index contributed by atoms with van der Waals surface area (Å²) in [6.07, 6.45) is 0. The predicted octanol–water partition coefficient (Wildman–Crippen LogP) is 4.21. The van der Waals surface area contributed by atoms with Crippen molar-refractivity contribution in [1.82, 2.24) is 25.5 Å². The Bertz CT molecular complexity index is 1410. The topological polar surface area (TPSA) is 106 Å². The maximum Gasteiger partial charge on any atom is 0.251 e. The molecule has 0 aliphatic heterocycles. The molecule has 4 rings (SSSR count). The molecule has 0 saturated carbocycles. The summed E-state index contributed by atoms with van der Waals surface area (Å²) < 4.78 is 34.0. The van der Waals surface area contributed by atoms with Crippen molar-refractivity contribution in [2.75, 3.05) is 4.90 Å². The van der Waals surface area contributed by atoms with Gasteiger partial charge in [-0.1, -0.05) is 12.1 Å². The average Bonchev–Trinajstić information content (AvgIpc) is 3.46. The minimum atomic E-state index is -1.32. The molecule has 0 spiro atoms. The number of para-hydroxylation sites is 1. The minimum Gasteiger partial charge on any atom is -0.464 e. The van der Waals surface area contributed by atoms with Crippen molar-refractivity contribution in [2.45, 2.75) is 45.8 Å². The highest BCUT2D eigenvalue weighted by atomic mass is 19.1. The molecule has 4 aromatic rings. The normalized spacial score (nSPS) is 12.3. The molecule has 9 nitrogen and oxygen atoms in total. The number of carbonyl (C=O) groups is 2. The number of rotatable bonds is 7. The van der Waals surface area contributed by atoms with Gasteiger partial charge in [0.2, 0.25) is 5.82 Å². The third kappa shape index (κ3) is 6.05. The summed E-state index contributed by atoms with van der Waals surface area (Å²) in [5.74, 6) is -1.51. The summed E-state index contributed by atoms with van der Waals surface area (Å²) in [7, 11) is 0. The van der Waals surface area contributed by atoms with Crippen LogP contribution < -0.4 is 10.2 Å². The second kappa shape index (κ2) is 10.3. The van der Waals surface area contributed by atoms with Crippen LogP contribution in [0.5, 0.6) is 0 Å². The van der Waals surface area contributed by atoms with Gasteiger partial charge in [-0.05, 0) is 81.4 Å². The molecule has 0 saturated heterocycles. The number of furan rings is 1. The van der Waals surface area contributed by atoms with Gasteiger partial charge in [0.15, 0.2) is 6.04 Å². The van der Waals surface area contributed by atoms with E-state index < -0.39 is 41.6 Å². The molecule has 0 unspecified atom stereocenters. The third-order valence-electron chi connectivity index (χ3n) is 5.25. The Hall–Kier alpha value is -4.41. The lowest BCUT2D eigenvalue weighted by Gasteiger charge is -2.32. The number of nitrogens with one attached hydrogen (secondary N) is 1. The number of amides is 2. The van der Waals surface area contributed by atoms with Gasteiger partial charge < -0.3 is 9.73 Å². The Balaban J connectivity index is 1.73. The Labute approximate surface area is 212 Å². The zero-order valence-electron chi connectivity index (χ0n) is 20.8. The van der Waals surface area contributed by atoms with Gasteiger partial charge in [0.1, 0.15) is 29.7 Å². The van der Waals surface area contributed by atoms with Crippen LogP contribution in [0.15, 0.2) is 65.1 Å². The van der Waals surface area contributed by atoms with Crippen LogP contribution in [0, 0.1) is 18.6 Å². The van der Waals surface area contributed by atoms with Gasteiger partial charge in [0, 0.05) is 11.1 Å². The van der Waals surface area contributed by atoms with Crippen LogP contribution in [-0.2, 0) is 16.1 Å². The molecule has 0 fully saturated rings. The van der Waals surface area contributed by atoms with E-state index in [4.69, 9.17) is 4.42 Å². The van der Waals surface area contributed by atoms with Gasteiger partial charge in [-0.25, -0.2) is 8.78 Å². The van der Waals surface area contributed by atoms with Crippen LogP contribution in [0.3, 0.4) is 0 Å². The minimum absolute atomic E-state index is 0.116. The van der Waals surface area contributed by atoms with E-state index in [2.05, 4.69) is 20.7 Å². The second-order valence-electron chi connectivity index (χ2n) is 9.46. The number of aryl methyl sites for hydroxylation is 1. The SMILES string of the molecule is Cc1ccc([C@H](C(=O)NC(C)(C)C)N(C(=O)Cn2nnc(-c3ccc(F)cc3)n2)c2ccccc2F)o1. The van der Waals surface area contributed by atoms with Gasteiger partial charge in [-0.3, -0.25) is 14.5 Å². The van der Waals surface area contributed by atoms with E-state index in [0.717, 1.165) is 9.70 Å². The maximum atomic E-state index is 15.0. The smallest absolute Gasteiger partial charge is 0.251 e. The summed E-state index contributed by atoms with van der Waals surface area (Å²) in [6.45, 7) is 6.62. The number of tetrazole rings is 1. The molecule has 0 radical (unpaired) electrons. The molecule has 2 heterocycles. The van der Waals surface area contributed by atoms with Crippen LogP contribution in [0.2, 0.25) is 0 Å². The number of nitrogens with zero attached hydrogens (tertiary/aromatic N) is 5. The van der Waals surface area contributed by atoms with Crippen molar-refractivity contribution < 1.29 is 22.8 Å². The number of halogens is 2. The monoisotopic (exact) mass is 508 g/mol. The number of aromatic nitrogens is 4. The molecule has 2 aromatic heterocycles. The molecule has 0 aliphatic carbocycles. The molecule has 2 aromatic carbocycles. The molecule has 1 atom stereocenters. The summed E-state index contributed by atoms with van der Waals surface area (Å²) in [6, 6.07) is 13.0. The van der Waals surface area contributed by atoms with E-state index in [-0.39, 0.29) is 17.3 Å². The zero-order chi connectivity index (χ0) is 26.7. The van der Waals surface area contributed by atoms with E-state index in [1.54, 1.807) is 45.9 Å². The average molecular weight is 509 g/mol. The van der Waals surface area contributed by atoms with Gasteiger partial charge >= 0.3 is 0 Å². The maximum absolute atomic E-state index is 15.0. The van der Waals surface area contributed by atoms with E-state index in [1.165, 1.54) is 42.5 Å². The van der Waals surface area contributed by atoms with Crippen molar-refractivity contribution in [3.63, 3.8) is 0 Å². The second-order valence-corrected chi connectivity index (χ2v) is 9.46. The van der Waals surface area contributed by atoms with Gasteiger partial charge in [-0.15, -0.1) is 10.2 Å². The van der Waals surface area contributed by atoms with E-state index in [9.17, 15) is 14.0 Å². The lowest BCUT2D eigenvalue weighted by molar-refractivity contribution is -0.128. The molecule has 192 valence electrons. The van der Waals surface area contributed by atoms with E-state index >= 15 is 4.39 Å². The lowest BCUT2D eigenvalue weighted by Crippen LogP contribution is -2.50. The first-order chi connectivity index (χ1) is 17.5. The Morgan fingerprint density at radius 1 is 1.05 bits per heavy atom. The molecule has 2 amide bonds. The quantitative estimate of drug-likeness (QED) is 0.401. The predicted molar refractivity (Wildman–Crippen MR) is 131 cm³/mol. The number of hydrogen-bond acceptors (Lipinski definition) is 6. The van der Waals surface area contributed by atoms with Gasteiger partial charge in [0.05, 0.1) is 5.69 Å². The van der Waals surface area contributed by atoms with Crippen LogP contribution in [0.4, 0.5) is 14.5 Å². The third-order valence-corrected chi connectivity index (χ3v) is 5.25. The van der Waals surface area contributed by atoms with Crippen LogP contribution in [0.25, 0.3) is 11.4 Å². The highest BCUT2D eigenvalue weighted by Gasteiger charge is 2.38. The van der Waals surface area contributed by atoms with Crippen molar-refractivity contribution >= 4 is 17.5 Å². The zero-order valence-corrected chi connectivity index (χ0v) is 20.8. The molecular formula is C26H26F2N6O3. The van der Waals surface area contributed by atoms with Crippen molar-refractivity contribution in [3.8, 4) is 11.4 Å². The fourth-order valence-corrected chi connectivity index (χ4v) is 3.70. The number of hydrogen-bond donors (Lipinski definition) is 1. The van der Waals surface area contributed by atoms with Crippen LogP contribution in [0.1, 0.15) is 38.3 Å². The van der Waals surface area contributed by atoms with E-state index in [1.807, 2.05) is 0 Å². The van der Waals surface area contributed by atoms with Crippen molar-refractivity contribution in [3.05, 3.63) is 83.8 Å². The lowest BCUT2D eigenvalue weighted by atomic mass is 10.1. The largest absolute Gasteiger partial charge is 0.464 e. The number of benzene rings is 2. The molecule has 0 aliphatic rings. The fourth-order valence-electron chi connectivity index (χ4n) is 3.70. The highest BCUT2D eigenvalue weighted by molar-refractivity contribution is 6.01. The summed E-state index contributed by atoms with van der Waals surface area (Å²) in [5, 5.41) is 14.9. The van der Waals surface area contributed by atoms with Crippen LogP contribution in [-0.4, -0.2) is 37.6 Å². The van der Waals surface area contributed by atoms with Crippen molar-refractivity contribution in [1.29, 1.82) is 0 Å². The fraction of sp³-hybridized carbons (Fsp3) is 0.269. The van der Waals surface area contributed by atoms with E-state index in [0.29, 0.717) is 11.3 Å². The molecule has 0 bridgehead atoms. The standard InChI is InChI=1S/C26H26F2N6O3/c1-16-9-14-21(37-16)23(25(36)29-26(2,3)4)34(20-8-6-5-7-19(20)28)22(35)15-33-31-24(30-32-33)17-10-12-18(27)13-11-17/h5-14,23H,15H2,1-4H3,(H,29,36)/t23-/m1/s1. The summed E-state index contributed by atoms with van der Waals surface area (Å²) >= 11 is 0. The Morgan fingerprint density at radius 2 is 1.76 bits per heavy atom. The first kappa shape index (κ1) is 25.7. The molecular weight excluding hydrogens is 482 g/mol. The number of anilines is 1. The van der Waals surface area contributed by atoms with Gasteiger partial charge in [0.25, 0.3) is 11.8 Å². The number of carbonyl (C=O) groups excluding carboxylic acids is 2. The summed E-state index contributed by atoms with van der Waals surface area (Å²) in [4.78, 5) is 29.3. The Kier molecular flexibility index (Phi) is 7.14. The van der Waals surface area contributed by atoms with Crippen molar-refractivity contribution in [2.24, 2.45) is 0 Å². The molecule has 11 heteroatoms. The van der Waals surface area contributed by atoms with Crippen LogP contribution >= 0.6 is 0 Å².